The van der Waals surface area contributed by atoms with E-state index in [9.17, 15) is 0 Å². The van der Waals surface area contributed by atoms with E-state index in [0.717, 1.165) is 31.7 Å². The summed E-state index contributed by atoms with van der Waals surface area (Å²) in [4.78, 5) is 11.1. The van der Waals surface area contributed by atoms with Crippen molar-refractivity contribution < 1.29 is 9.47 Å². The summed E-state index contributed by atoms with van der Waals surface area (Å²) in [5.41, 5.74) is 0.677. The Hall–Kier alpha value is -1.60. The molecule has 2 fully saturated rings. The largest absolute Gasteiger partial charge is 0.356 e. The Morgan fingerprint density at radius 1 is 1.08 bits per heavy atom. The number of piperidine rings is 1. The number of nitrogens with one attached hydrogen (secondary N) is 1. The van der Waals surface area contributed by atoms with Gasteiger partial charge in [0.2, 0.25) is 5.95 Å². The Morgan fingerprint density at radius 3 is 2.60 bits per heavy atom. The van der Waals surface area contributed by atoms with Gasteiger partial charge in [0, 0.05) is 37.2 Å². The molecule has 4 rings (SSSR count). The number of nitrogens with zero attached hydrogens (tertiary/aromatic N) is 3. The molecule has 1 aromatic carbocycles. The van der Waals surface area contributed by atoms with Crippen LogP contribution in [0.15, 0.2) is 30.5 Å². The summed E-state index contributed by atoms with van der Waals surface area (Å²) in [6.07, 6.45) is 3.40. The third-order valence-electron chi connectivity index (χ3n) is 4.48. The van der Waals surface area contributed by atoms with Crippen molar-refractivity contribution in [2.24, 2.45) is 0 Å². The van der Waals surface area contributed by atoms with E-state index in [2.05, 4.69) is 20.2 Å². The Kier molecular flexibility index (Phi) is 4.69. The minimum Gasteiger partial charge on any atom is -0.356 e. The number of hydrogen-bond acceptors (Lipinski definition) is 6. The summed E-state index contributed by atoms with van der Waals surface area (Å²) in [6.45, 7) is 3.02. The fraction of sp³-hybridized carbons (Fsp3) is 0.412. The fourth-order valence-corrected chi connectivity index (χ4v) is 3.50. The van der Waals surface area contributed by atoms with Crippen molar-refractivity contribution in [3.63, 3.8) is 0 Å². The van der Waals surface area contributed by atoms with Crippen LogP contribution in [0.4, 0.5) is 17.5 Å². The first-order valence-electron chi connectivity index (χ1n) is 8.22. The second-order valence-corrected chi connectivity index (χ2v) is 6.93. The summed E-state index contributed by atoms with van der Waals surface area (Å²) >= 11 is 12.2. The van der Waals surface area contributed by atoms with Crippen LogP contribution in [-0.2, 0) is 9.47 Å². The molecular formula is C17H18Cl2N4O2. The zero-order valence-corrected chi connectivity index (χ0v) is 15.1. The van der Waals surface area contributed by atoms with Crippen molar-refractivity contribution in [1.82, 2.24) is 9.97 Å². The lowest BCUT2D eigenvalue weighted by atomic mass is 10.0. The normalized spacial score (nSPS) is 19.4. The molecule has 0 saturated carbocycles. The van der Waals surface area contributed by atoms with Crippen molar-refractivity contribution in [2.45, 2.75) is 18.6 Å². The van der Waals surface area contributed by atoms with Crippen molar-refractivity contribution in [2.75, 3.05) is 36.5 Å². The summed E-state index contributed by atoms with van der Waals surface area (Å²) in [7, 11) is 0. The zero-order chi connectivity index (χ0) is 17.3. The van der Waals surface area contributed by atoms with Crippen LogP contribution in [0.5, 0.6) is 0 Å². The predicted molar refractivity (Wildman–Crippen MR) is 97.9 cm³/mol. The molecule has 0 amide bonds. The smallest absolute Gasteiger partial charge is 0.229 e. The van der Waals surface area contributed by atoms with Crippen LogP contribution in [0.2, 0.25) is 10.0 Å². The van der Waals surface area contributed by atoms with Crippen LogP contribution in [0.3, 0.4) is 0 Å². The third-order valence-corrected chi connectivity index (χ3v) is 5.04. The van der Waals surface area contributed by atoms with Gasteiger partial charge in [0.25, 0.3) is 0 Å². The molecule has 0 atom stereocenters. The molecule has 0 bridgehead atoms. The second kappa shape index (κ2) is 6.96. The van der Waals surface area contributed by atoms with E-state index in [-0.39, 0.29) is 5.79 Å². The molecule has 2 aliphatic rings. The molecule has 2 aliphatic heterocycles. The topological polar surface area (TPSA) is 59.5 Å². The molecule has 25 heavy (non-hydrogen) atoms. The maximum absolute atomic E-state index is 6.19. The summed E-state index contributed by atoms with van der Waals surface area (Å²) in [5, 5.41) is 4.29. The highest BCUT2D eigenvalue weighted by Gasteiger charge is 2.40. The number of ether oxygens (including phenoxy) is 2. The first-order chi connectivity index (χ1) is 12.1. The van der Waals surface area contributed by atoms with E-state index in [0.29, 0.717) is 34.9 Å². The van der Waals surface area contributed by atoms with Gasteiger partial charge in [-0.05, 0) is 24.3 Å². The molecule has 6 nitrogen and oxygen atoms in total. The Labute approximate surface area is 156 Å². The highest BCUT2D eigenvalue weighted by atomic mass is 35.5. The molecule has 0 aliphatic carbocycles. The van der Waals surface area contributed by atoms with Gasteiger partial charge in [0.15, 0.2) is 5.79 Å². The first-order valence-corrected chi connectivity index (χ1v) is 8.97. The van der Waals surface area contributed by atoms with Crippen LogP contribution < -0.4 is 10.2 Å². The summed E-state index contributed by atoms with van der Waals surface area (Å²) in [5.74, 6) is 0.956. The van der Waals surface area contributed by atoms with E-state index < -0.39 is 0 Å². The van der Waals surface area contributed by atoms with E-state index in [1.54, 1.807) is 24.4 Å². The quantitative estimate of drug-likeness (QED) is 0.871. The van der Waals surface area contributed by atoms with Gasteiger partial charge in [0.05, 0.1) is 23.9 Å². The Balaban J connectivity index is 1.47. The molecule has 132 valence electrons. The molecule has 0 radical (unpaired) electrons. The number of hydrogen-bond donors (Lipinski definition) is 1. The molecular weight excluding hydrogens is 363 g/mol. The van der Waals surface area contributed by atoms with Gasteiger partial charge >= 0.3 is 0 Å². The molecule has 2 aromatic rings. The average molecular weight is 381 g/mol. The van der Waals surface area contributed by atoms with Gasteiger partial charge in [-0.3, -0.25) is 0 Å². The van der Waals surface area contributed by atoms with Crippen LogP contribution in [0, 0.1) is 0 Å². The number of benzene rings is 1. The van der Waals surface area contributed by atoms with Crippen LogP contribution >= 0.6 is 23.2 Å². The maximum Gasteiger partial charge on any atom is 0.229 e. The monoisotopic (exact) mass is 380 g/mol. The number of anilines is 3. The van der Waals surface area contributed by atoms with Gasteiger partial charge < -0.3 is 19.7 Å². The van der Waals surface area contributed by atoms with Crippen LogP contribution in [-0.4, -0.2) is 42.1 Å². The SMILES string of the molecule is Clc1ccc(Cl)c(Nc2nccc(N3CCC4(CC3)OCCO4)n2)c1. The molecule has 1 N–H and O–H groups in total. The van der Waals surface area contributed by atoms with E-state index >= 15 is 0 Å². The van der Waals surface area contributed by atoms with E-state index in [4.69, 9.17) is 32.7 Å². The highest BCUT2D eigenvalue weighted by Crippen LogP contribution is 2.33. The standard InChI is InChI=1S/C17H18Cl2N4O2/c18-12-1-2-13(19)14(11-12)21-16-20-6-3-15(22-16)23-7-4-17(5-8-23)24-9-10-25-17/h1-3,6,11H,4-5,7-10H2,(H,20,21,22). The number of rotatable bonds is 3. The minimum atomic E-state index is -0.390. The van der Waals surface area contributed by atoms with Crippen LogP contribution in [0.25, 0.3) is 0 Å². The van der Waals surface area contributed by atoms with Gasteiger partial charge in [-0.1, -0.05) is 23.2 Å². The zero-order valence-electron chi connectivity index (χ0n) is 13.5. The van der Waals surface area contributed by atoms with Crippen molar-refractivity contribution >= 4 is 40.7 Å². The van der Waals surface area contributed by atoms with Crippen molar-refractivity contribution in [1.29, 1.82) is 0 Å². The first kappa shape index (κ1) is 16.8. The van der Waals surface area contributed by atoms with Gasteiger partial charge in [-0.2, -0.15) is 4.98 Å². The maximum atomic E-state index is 6.19. The lowest BCUT2D eigenvalue weighted by Crippen LogP contribution is -2.45. The number of halogens is 2. The Morgan fingerprint density at radius 2 is 1.84 bits per heavy atom. The summed E-state index contributed by atoms with van der Waals surface area (Å²) in [6, 6.07) is 7.13. The molecule has 8 heteroatoms. The molecule has 1 aromatic heterocycles. The molecule has 0 unspecified atom stereocenters. The van der Waals surface area contributed by atoms with Crippen LogP contribution in [0.1, 0.15) is 12.8 Å². The number of aromatic nitrogens is 2. The highest BCUT2D eigenvalue weighted by molar-refractivity contribution is 6.35. The van der Waals surface area contributed by atoms with Crippen molar-refractivity contribution in [3.8, 4) is 0 Å². The van der Waals surface area contributed by atoms with Gasteiger partial charge in [-0.25, -0.2) is 4.98 Å². The minimum absolute atomic E-state index is 0.390. The van der Waals surface area contributed by atoms with E-state index in [1.165, 1.54) is 0 Å². The average Bonchev–Trinajstić information content (AvgIpc) is 3.07. The van der Waals surface area contributed by atoms with E-state index in [1.807, 2.05) is 6.07 Å². The predicted octanol–water partition coefficient (Wildman–Crippen LogP) is 3.87. The third kappa shape index (κ3) is 3.67. The van der Waals surface area contributed by atoms with Gasteiger partial charge in [-0.15, -0.1) is 0 Å². The lowest BCUT2D eigenvalue weighted by Gasteiger charge is -2.38. The van der Waals surface area contributed by atoms with Gasteiger partial charge in [0.1, 0.15) is 5.82 Å². The fourth-order valence-electron chi connectivity index (χ4n) is 3.16. The molecule has 1 spiro atoms. The Bertz CT molecular complexity index is 758. The molecule has 2 saturated heterocycles. The lowest BCUT2D eigenvalue weighted by molar-refractivity contribution is -0.169. The molecule has 3 heterocycles. The van der Waals surface area contributed by atoms with Crippen molar-refractivity contribution in [3.05, 3.63) is 40.5 Å². The summed E-state index contributed by atoms with van der Waals surface area (Å²) < 4.78 is 11.5. The second-order valence-electron chi connectivity index (χ2n) is 6.08.